The van der Waals surface area contributed by atoms with Crippen molar-refractivity contribution in [2.24, 2.45) is 0 Å². The number of hydrogen-bond acceptors (Lipinski definition) is 4. The zero-order valence-corrected chi connectivity index (χ0v) is 19.5. The fourth-order valence-corrected chi connectivity index (χ4v) is 3.98. The number of rotatable bonds is 6. The van der Waals surface area contributed by atoms with Gasteiger partial charge in [0.05, 0.1) is 24.5 Å². The topological polar surface area (TPSA) is 56.6 Å². The molecule has 0 bridgehead atoms. The van der Waals surface area contributed by atoms with Crippen LogP contribution in [0.5, 0.6) is 0 Å². The first-order chi connectivity index (χ1) is 13.5. The third kappa shape index (κ3) is 5.70. The van der Waals surface area contributed by atoms with E-state index in [0.717, 1.165) is 35.2 Å². The highest BCUT2D eigenvalue weighted by atomic mass is 28.3. The second-order valence-corrected chi connectivity index (χ2v) is 15.4. The zero-order chi connectivity index (χ0) is 21.2. The van der Waals surface area contributed by atoms with E-state index >= 15 is 0 Å². The van der Waals surface area contributed by atoms with Crippen LogP contribution in [0.1, 0.15) is 32.0 Å². The molecule has 158 valence electrons. The van der Waals surface area contributed by atoms with Gasteiger partial charge < -0.3 is 9.47 Å². The van der Waals surface area contributed by atoms with Crippen molar-refractivity contribution in [3.05, 3.63) is 41.6 Å². The van der Waals surface area contributed by atoms with Crippen LogP contribution in [0.25, 0.3) is 11.3 Å². The predicted octanol–water partition coefficient (Wildman–Crippen LogP) is 5.11. The normalized spacial score (nSPS) is 14.2. The second-order valence-electron chi connectivity index (χ2n) is 9.82. The number of fused-ring (bicyclic) bond motifs is 1. The lowest BCUT2D eigenvalue weighted by Gasteiger charge is -2.24. The third-order valence-corrected chi connectivity index (χ3v) is 6.47. The molecule has 6 nitrogen and oxygen atoms in total. The first-order valence-corrected chi connectivity index (χ1v) is 13.9. The van der Waals surface area contributed by atoms with Crippen molar-refractivity contribution in [2.45, 2.75) is 71.9 Å². The maximum atomic E-state index is 12.6. The van der Waals surface area contributed by atoms with Gasteiger partial charge in [-0.3, -0.25) is 4.90 Å². The lowest BCUT2D eigenvalue weighted by molar-refractivity contribution is 0.0231. The molecule has 0 spiro atoms. The van der Waals surface area contributed by atoms with Gasteiger partial charge >= 0.3 is 6.09 Å². The molecule has 0 aliphatic carbocycles. The fraction of sp³-hybridized carbons (Fsp3) is 0.545. The first-order valence-electron chi connectivity index (χ1n) is 10.2. The van der Waals surface area contributed by atoms with E-state index in [1.54, 1.807) is 4.90 Å². The molecule has 29 heavy (non-hydrogen) atoms. The van der Waals surface area contributed by atoms with E-state index in [9.17, 15) is 4.79 Å². The maximum absolute atomic E-state index is 12.6. The van der Waals surface area contributed by atoms with E-state index in [2.05, 4.69) is 31.8 Å². The van der Waals surface area contributed by atoms with E-state index < -0.39 is 13.7 Å². The summed E-state index contributed by atoms with van der Waals surface area (Å²) in [7, 11) is -1.14. The van der Waals surface area contributed by atoms with Crippen molar-refractivity contribution < 1.29 is 14.3 Å². The molecule has 1 aliphatic rings. The SMILES string of the molecule is CC(C)(C)OC(=O)N1Cc2c(-c3ccccc3)nn(COCC[Si](C)(C)C)c2C1. The quantitative estimate of drug-likeness (QED) is 0.486. The predicted molar refractivity (Wildman–Crippen MR) is 117 cm³/mol. The van der Waals surface area contributed by atoms with E-state index in [1.807, 2.05) is 43.7 Å². The summed E-state index contributed by atoms with van der Waals surface area (Å²) in [4.78, 5) is 14.3. The van der Waals surface area contributed by atoms with E-state index in [0.29, 0.717) is 19.8 Å². The van der Waals surface area contributed by atoms with Crippen LogP contribution in [-0.2, 0) is 29.3 Å². The van der Waals surface area contributed by atoms with Crippen LogP contribution in [-0.4, -0.2) is 41.1 Å². The molecule has 0 unspecified atom stereocenters. The Hall–Kier alpha value is -2.12. The van der Waals surface area contributed by atoms with Crippen LogP contribution in [0, 0.1) is 0 Å². The van der Waals surface area contributed by atoms with Crippen LogP contribution in [0.15, 0.2) is 30.3 Å². The number of amides is 1. The molecule has 2 aromatic rings. The Bertz CT molecular complexity index is 851. The Labute approximate surface area is 174 Å². The van der Waals surface area contributed by atoms with Gasteiger partial charge in [-0.25, -0.2) is 9.48 Å². The minimum Gasteiger partial charge on any atom is -0.444 e. The average molecular weight is 416 g/mol. The highest BCUT2D eigenvalue weighted by Crippen LogP contribution is 2.33. The Kier molecular flexibility index (Phi) is 6.19. The summed E-state index contributed by atoms with van der Waals surface area (Å²) in [5.74, 6) is 0. The molecule has 1 aromatic heterocycles. The highest BCUT2D eigenvalue weighted by Gasteiger charge is 2.33. The van der Waals surface area contributed by atoms with E-state index in [4.69, 9.17) is 14.6 Å². The molecule has 2 heterocycles. The number of hydrogen-bond donors (Lipinski definition) is 0. The van der Waals surface area contributed by atoms with Crippen LogP contribution in [0.4, 0.5) is 4.79 Å². The Morgan fingerprint density at radius 2 is 1.83 bits per heavy atom. The maximum Gasteiger partial charge on any atom is 0.410 e. The number of benzene rings is 1. The lowest BCUT2D eigenvalue weighted by atomic mass is 10.1. The standard InChI is InChI=1S/C22H33N3O3Si/c1-22(2,3)28-21(26)24-14-18-19(15-24)25(16-27-12-13-29(4,5)6)23-20(18)17-10-8-7-9-11-17/h7-11H,12-16H2,1-6H3. The summed E-state index contributed by atoms with van der Waals surface area (Å²) in [6.45, 7) is 14.8. The Morgan fingerprint density at radius 3 is 2.45 bits per heavy atom. The van der Waals surface area contributed by atoms with Gasteiger partial charge in [-0.15, -0.1) is 0 Å². The molecule has 0 atom stereocenters. The summed E-state index contributed by atoms with van der Waals surface area (Å²) in [6, 6.07) is 11.2. The van der Waals surface area contributed by atoms with Crippen molar-refractivity contribution in [2.75, 3.05) is 6.61 Å². The first kappa shape index (κ1) is 21.6. The smallest absolute Gasteiger partial charge is 0.410 e. The molecule has 0 fully saturated rings. The number of nitrogens with zero attached hydrogens (tertiary/aromatic N) is 3. The fourth-order valence-electron chi connectivity index (χ4n) is 3.22. The largest absolute Gasteiger partial charge is 0.444 e. The molecule has 7 heteroatoms. The van der Waals surface area contributed by atoms with Gasteiger partial charge in [0.2, 0.25) is 0 Å². The summed E-state index contributed by atoms with van der Waals surface area (Å²) >= 11 is 0. The van der Waals surface area contributed by atoms with Crippen LogP contribution in [0.2, 0.25) is 25.7 Å². The van der Waals surface area contributed by atoms with Gasteiger partial charge in [0.1, 0.15) is 12.3 Å². The lowest BCUT2D eigenvalue weighted by Crippen LogP contribution is -2.34. The van der Waals surface area contributed by atoms with Crippen molar-refractivity contribution in [3.8, 4) is 11.3 Å². The van der Waals surface area contributed by atoms with Crippen molar-refractivity contribution in [1.82, 2.24) is 14.7 Å². The van der Waals surface area contributed by atoms with Gasteiger partial charge in [0.15, 0.2) is 0 Å². The van der Waals surface area contributed by atoms with Gasteiger partial charge in [-0.1, -0.05) is 50.0 Å². The highest BCUT2D eigenvalue weighted by molar-refractivity contribution is 6.76. The molecule has 0 saturated heterocycles. The molecular weight excluding hydrogens is 382 g/mol. The van der Waals surface area contributed by atoms with Crippen molar-refractivity contribution in [1.29, 1.82) is 0 Å². The van der Waals surface area contributed by atoms with Gasteiger partial charge in [-0.2, -0.15) is 5.10 Å². The molecular formula is C22H33N3O3Si. The van der Waals surface area contributed by atoms with Gasteiger partial charge in [-0.05, 0) is 26.8 Å². The van der Waals surface area contributed by atoms with Crippen molar-refractivity contribution in [3.63, 3.8) is 0 Å². The zero-order valence-electron chi connectivity index (χ0n) is 18.5. The van der Waals surface area contributed by atoms with Gasteiger partial charge in [0.25, 0.3) is 0 Å². The number of carbonyl (C=O) groups is 1. The second kappa shape index (κ2) is 8.32. The molecule has 1 amide bonds. The van der Waals surface area contributed by atoms with Gasteiger partial charge in [0, 0.05) is 25.8 Å². The van der Waals surface area contributed by atoms with Crippen LogP contribution < -0.4 is 0 Å². The molecule has 0 radical (unpaired) electrons. The average Bonchev–Trinajstić information content (AvgIpc) is 3.17. The molecule has 1 aromatic carbocycles. The molecule has 1 aliphatic heterocycles. The Morgan fingerprint density at radius 1 is 1.14 bits per heavy atom. The molecule has 0 N–H and O–H groups in total. The van der Waals surface area contributed by atoms with Crippen LogP contribution in [0.3, 0.4) is 0 Å². The number of ether oxygens (including phenoxy) is 2. The summed E-state index contributed by atoms with van der Waals surface area (Å²) in [5.41, 5.74) is 3.56. The van der Waals surface area contributed by atoms with E-state index in [-0.39, 0.29) is 6.09 Å². The summed E-state index contributed by atoms with van der Waals surface area (Å²) in [6.07, 6.45) is -0.293. The number of carbonyl (C=O) groups excluding carboxylic acids is 1. The van der Waals surface area contributed by atoms with E-state index in [1.165, 1.54) is 0 Å². The number of aromatic nitrogens is 2. The molecule has 0 saturated carbocycles. The minimum absolute atomic E-state index is 0.293. The summed E-state index contributed by atoms with van der Waals surface area (Å²) in [5, 5.41) is 4.83. The van der Waals surface area contributed by atoms with Crippen LogP contribution >= 0.6 is 0 Å². The molecule has 3 rings (SSSR count). The summed E-state index contributed by atoms with van der Waals surface area (Å²) < 4.78 is 13.4. The third-order valence-electron chi connectivity index (χ3n) is 4.76. The monoisotopic (exact) mass is 415 g/mol. The minimum atomic E-state index is -1.14. The van der Waals surface area contributed by atoms with Crippen molar-refractivity contribution >= 4 is 14.2 Å². The Balaban J connectivity index is 1.80.